The Morgan fingerprint density at radius 2 is 0.760 bits per heavy atom. The summed E-state index contributed by atoms with van der Waals surface area (Å²) in [7, 11) is 0. The van der Waals surface area contributed by atoms with Crippen LogP contribution >= 0.6 is 0 Å². The zero-order chi connectivity index (χ0) is 16.3. The summed E-state index contributed by atoms with van der Waals surface area (Å²) < 4.78 is 0. The molecule has 0 aliphatic heterocycles. The van der Waals surface area contributed by atoms with Crippen molar-refractivity contribution >= 4 is 70.3 Å². The van der Waals surface area contributed by atoms with Crippen LogP contribution in [0.25, 0.3) is 64.6 Å². The lowest BCUT2D eigenvalue weighted by atomic mass is 9.82. The molecule has 0 fully saturated rings. The van der Waals surface area contributed by atoms with Crippen LogP contribution < -0.4 is 5.73 Å². The van der Waals surface area contributed by atoms with Gasteiger partial charge in [0, 0.05) is 16.5 Å². The summed E-state index contributed by atoms with van der Waals surface area (Å²) in [5.41, 5.74) is 7.31. The fourth-order valence-electron chi connectivity index (χ4n) is 5.02. The quantitative estimate of drug-likeness (QED) is 0.193. The lowest BCUT2D eigenvalue weighted by Crippen LogP contribution is -1.95. The molecule has 7 aromatic rings. The van der Waals surface area contributed by atoms with Crippen molar-refractivity contribution in [2.75, 3.05) is 5.73 Å². The van der Waals surface area contributed by atoms with Crippen molar-refractivity contribution < 1.29 is 0 Å². The summed E-state index contributed by atoms with van der Waals surface area (Å²) in [5, 5.41) is 15.9. The highest BCUT2D eigenvalue weighted by molar-refractivity contribution is 6.45. The minimum Gasteiger partial charge on any atom is -0.398 e. The Bertz CT molecular complexity index is 1530. The van der Waals surface area contributed by atoms with Crippen molar-refractivity contribution in [3.8, 4) is 0 Å². The number of nitrogens with two attached hydrogens (primary N) is 1. The highest BCUT2D eigenvalue weighted by Gasteiger charge is 2.20. The van der Waals surface area contributed by atoms with Gasteiger partial charge in [0.2, 0.25) is 0 Å². The Balaban J connectivity index is 2.10. The van der Waals surface area contributed by atoms with E-state index in [1.54, 1.807) is 0 Å². The predicted molar refractivity (Wildman–Crippen MR) is 109 cm³/mol. The van der Waals surface area contributed by atoms with Gasteiger partial charge in [-0.2, -0.15) is 0 Å². The first kappa shape index (κ1) is 12.1. The SMILES string of the molecule is Nc1cc2ccc3ccc4ccc5ccc6ccc1c1c6c5c4c3c21. The van der Waals surface area contributed by atoms with Gasteiger partial charge in [0.1, 0.15) is 0 Å². The van der Waals surface area contributed by atoms with Gasteiger partial charge in [-0.1, -0.05) is 60.7 Å². The number of hydrogen-bond acceptors (Lipinski definition) is 1. The normalized spacial score (nSPS) is 13.0. The molecular weight excluding hydrogens is 302 g/mol. The topological polar surface area (TPSA) is 26.0 Å². The molecule has 0 saturated heterocycles. The number of rotatable bonds is 0. The first-order valence-electron chi connectivity index (χ1n) is 8.67. The molecule has 0 heterocycles. The maximum absolute atomic E-state index is 6.44. The second-order valence-corrected chi connectivity index (χ2v) is 7.21. The molecule has 7 rings (SSSR count). The van der Waals surface area contributed by atoms with E-state index in [2.05, 4.69) is 66.7 Å². The zero-order valence-corrected chi connectivity index (χ0v) is 13.4. The van der Waals surface area contributed by atoms with Gasteiger partial charge in [0.15, 0.2) is 0 Å². The first-order valence-corrected chi connectivity index (χ1v) is 8.67. The lowest BCUT2D eigenvalue weighted by Gasteiger charge is -2.21. The molecule has 114 valence electrons. The maximum atomic E-state index is 6.44. The largest absolute Gasteiger partial charge is 0.398 e. The second kappa shape index (κ2) is 3.68. The lowest BCUT2D eigenvalue weighted by molar-refractivity contribution is 1.78. The molecule has 2 N–H and O–H groups in total. The molecule has 0 bridgehead atoms. The van der Waals surface area contributed by atoms with Crippen LogP contribution in [-0.2, 0) is 0 Å². The predicted octanol–water partition coefficient (Wildman–Crippen LogP) is 6.50. The van der Waals surface area contributed by atoms with Gasteiger partial charge in [-0.3, -0.25) is 0 Å². The van der Waals surface area contributed by atoms with Crippen molar-refractivity contribution in [2.24, 2.45) is 0 Å². The third-order valence-electron chi connectivity index (χ3n) is 6.03. The molecule has 1 heteroatoms. The highest BCUT2D eigenvalue weighted by atomic mass is 14.6. The van der Waals surface area contributed by atoms with Crippen LogP contribution in [0.1, 0.15) is 0 Å². The summed E-state index contributed by atoms with van der Waals surface area (Å²) in [6, 6.07) is 24.5. The van der Waals surface area contributed by atoms with E-state index in [0.29, 0.717) is 0 Å². The molecular formula is C24H13N. The van der Waals surface area contributed by atoms with Crippen LogP contribution in [0.15, 0.2) is 66.7 Å². The van der Waals surface area contributed by atoms with Gasteiger partial charge < -0.3 is 5.73 Å². The van der Waals surface area contributed by atoms with E-state index in [9.17, 15) is 0 Å². The Hall–Kier alpha value is -3.32. The van der Waals surface area contributed by atoms with Crippen molar-refractivity contribution in [1.29, 1.82) is 0 Å². The maximum Gasteiger partial charge on any atom is 0.0400 e. The summed E-state index contributed by atoms with van der Waals surface area (Å²) >= 11 is 0. The van der Waals surface area contributed by atoms with Crippen molar-refractivity contribution in [3.63, 3.8) is 0 Å². The van der Waals surface area contributed by atoms with Gasteiger partial charge in [-0.05, 0) is 59.9 Å². The van der Waals surface area contributed by atoms with Gasteiger partial charge >= 0.3 is 0 Å². The van der Waals surface area contributed by atoms with Crippen LogP contribution in [0.3, 0.4) is 0 Å². The third kappa shape index (κ3) is 1.20. The molecule has 0 spiro atoms. The van der Waals surface area contributed by atoms with E-state index >= 15 is 0 Å². The van der Waals surface area contributed by atoms with E-state index in [4.69, 9.17) is 5.73 Å². The average molecular weight is 315 g/mol. The number of hydrogen-bond donors (Lipinski definition) is 1. The van der Waals surface area contributed by atoms with E-state index in [0.717, 1.165) is 5.69 Å². The molecule has 0 aliphatic carbocycles. The zero-order valence-electron chi connectivity index (χ0n) is 13.4. The molecule has 7 aromatic carbocycles. The van der Waals surface area contributed by atoms with Gasteiger partial charge in [0.25, 0.3) is 0 Å². The van der Waals surface area contributed by atoms with E-state index in [1.165, 1.54) is 64.6 Å². The van der Waals surface area contributed by atoms with Gasteiger partial charge in [0.05, 0.1) is 0 Å². The Kier molecular flexibility index (Phi) is 1.78. The first-order chi connectivity index (χ1) is 12.3. The minimum absolute atomic E-state index is 0.868. The molecule has 0 aliphatic rings. The monoisotopic (exact) mass is 315 g/mol. The average Bonchev–Trinajstić information content (AvgIpc) is 2.66. The van der Waals surface area contributed by atoms with E-state index < -0.39 is 0 Å². The second-order valence-electron chi connectivity index (χ2n) is 7.21. The van der Waals surface area contributed by atoms with Crippen molar-refractivity contribution in [1.82, 2.24) is 0 Å². The third-order valence-corrected chi connectivity index (χ3v) is 6.03. The van der Waals surface area contributed by atoms with E-state index in [1.807, 2.05) is 0 Å². The molecule has 25 heavy (non-hydrogen) atoms. The minimum atomic E-state index is 0.868. The van der Waals surface area contributed by atoms with Crippen LogP contribution in [0.5, 0.6) is 0 Å². The van der Waals surface area contributed by atoms with E-state index in [-0.39, 0.29) is 0 Å². The number of anilines is 1. The molecule has 1 nitrogen and oxygen atoms in total. The van der Waals surface area contributed by atoms with Crippen LogP contribution in [0.4, 0.5) is 5.69 Å². The van der Waals surface area contributed by atoms with Crippen LogP contribution in [0.2, 0.25) is 0 Å². The molecule has 0 saturated carbocycles. The fourth-order valence-corrected chi connectivity index (χ4v) is 5.02. The summed E-state index contributed by atoms with van der Waals surface area (Å²) in [4.78, 5) is 0. The molecule has 0 radical (unpaired) electrons. The Morgan fingerprint density at radius 3 is 1.28 bits per heavy atom. The molecule has 0 atom stereocenters. The number of nitrogen functional groups attached to an aromatic ring is 1. The Morgan fingerprint density at radius 1 is 0.400 bits per heavy atom. The summed E-state index contributed by atoms with van der Waals surface area (Å²) in [6.45, 7) is 0. The van der Waals surface area contributed by atoms with Crippen molar-refractivity contribution in [2.45, 2.75) is 0 Å². The molecule has 0 amide bonds. The number of benzene rings is 7. The summed E-state index contributed by atoms with van der Waals surface area (Å²) in [5.74, 6) is 0. The van der Waals surface area contributed by atoms with Crippen LogP contribution in [0, 0.1) is 0 Å². The Labute approximate surface area is 143 Å². The molecule has 0 aromatic heterocycles. The highest BCUT2D eigenvalue weighted by Crippen LogP contribution is 2.49. The smallest absolute Gasteiger partial charge is 0.0400 e. The standard InChI is InChI=1S/C24H13N/c25-18-11-16-8-7-14-4-2-12-1-3-13-5-6-15-9-10-17(18)24-22(15)20(13)19(12)21(14)23(16)24/h1-11H,25H2. The van der Waals surface area contributed by atoms with Crippen LogP contribution in [-0.4, -0.2) is 0 Å². The van der Waals surface area contributed by atoms with Gasteiger partial charge in [-0.25, -0.2) is 0 Å². The van der Waals surface area contributed by atoms with Crippen molar-refractivity contribution in [3.05, 3.63) is 66.7 Å². The van der Waals surface area contributed by atoms with Gasteiger partial charge in [-0.15, -0.1) is 0 Å². The fraction of sp³-hybridized carbons (Fsp3) is 0. The summed E-state index contributed by atoms with van der Waals surface area (Å²) in [6.07, 6.45) is 0. The molecule has 0 unspecified atom stereocenters.